The number of amides is 2. The van der Waals surface area contributed by atoms with Gasteiger partial charge in [0.15, 0.2) is 0 Å². The molecule has 0 fully saturated rings. The average Bonchev–Trinajstić information content (AvgIpc) is 3.08. The van der Waals surface area contributed by atoms with Gasteiger partial charge in [-0.05, 0) is 91.5 Å². The van der Waals surface area contributed by atoms with Crippen LogP contribution in [0, 0.1) is 6.92 Å². The second-order valence-corrected chi connectivity index (χ2v) is 14.7. The first-order valence-corrected chi connectivity index (χ1v) is 18.4. The molecule has 0 saturated carbocycles. The summed E-state index contributed by atoms with van der Waals surface area (Å²) >= 11 is 5.88. The number of rotatable bonds is 13. The summed E-state index contributed by atoms with van der Waals surface area (Å²) in [4.78, 5) is 24.7. The van der Waals surface area contributed by atoms with E-state index in [4.69, 9.17) is 16.7 Å². The fraction of sp³-hybridized carbons (Fsp3) is 0.235. The molecule has 0 bridgehead atoms. The van der Waals surface area contributed by atoms with Crippen molar-refractivity contribution in [1.82, 2.24) is 15.4 Å². The molecular formula is C34H39ClN4O8S2. The van der Waals surface area contributed by atoms with Gasteiger partial charge in [-0.1, -0.05) is 59.6 Å². The third-order valence-electron chi connectivity index (χ3n) is 7.32. The number of nitrogens with two attached hydrogens (primary N) is 1. The van der Waals surface area contributed by atoms with Crippen LogP contribution in [0.5, 0.6) is 0 Å². The van der Waals surface area contributed by atoms with E-state index in [9.17, 15) is 36.6 Å². The minimum absolute atomic E-state index is 0.0433. The van der Waals surface area contributed by atoms with Crippen LogP contribution in [-0.4, -0.2) is 59.0 Å². The van der Waals surface area contributed by atoms with Crippen LogP contribution < -0.4 is 20.5 Å². The molecular weight excluding hydrogens is 692 g/mol. The van der Waals surface area contributed by atoms with Gasteiger partial charge in [-0.2, -0.15) is 0 Å². The molecule has 0 radical (unpaired) electrons. The standard InChI is InChI=1S/C18H22N2O4S.C16H17ClN2O4S/c1-13-3-6-15(12-21)17(11-13)18(22)20-10-9-14-4-7-16(8-5-14)25(23,24)19-2;17-13-4-3-12(10-20)15(9-13)16(21)19-8-7-11-1-5-14(6-2-11)24(18,22)23/h3-8,11,19,21H,9-10,12H2,1-2H3,(H,20,22);1-6,9,20H,7-8,10H2,(H,19,21)(H2,18,22,23). The van der Waals surface area contributed by atoms with Crippen LogP contribution in [0.3, 0.4) is 0 Å². The molecule has 0 unspecified atom stereocenters. The molecule has 0 saturated heterocycles. The molecule has 7 N–H and O–H groups in total. The highest BCUT2D eigenvalue weighted by Gasteiger charge is 2.14. The van der Waals surface area contributed by atoms with Crippen LogP contribution in [0.4, 0.5) is 0 Å². The highest BCUT2D eigenvalue weighted by Crippen LogP contribution is 2.17. The van der Waals surface area contributed by atoms with Gasteiger partial charge in [0.1, 0.15) is 0 Å². The molecule has 4 aromatic carbocycles. The molecule has 2 amide bonds. The number of benzene rings is 4. The maximum Gasteiger partial charge on any atom is 0.251 e. The summed E-state index contributed by atoms with van der Waals surface area (Å²) in [6.07, 6.45) is 1.09. The Labute approximate surface area is 291 Å². The van der Waals surface area contributed by atoms with Gasteiger partial charge < -0.3 is 20.8 Å². The second kappa shape index (κ2) is 18.0. The Kier molecular flexibility index (Phi) is 14.4. The number of nitrogens with one attached hydrogen (secondary N) is 3. The third kappa shape index (κ3) is 11.7. The molecule has 0 heterocycles. The largest absolute Gasteiger partial charge is 0.392 e. The van der Waals surface area contributed by atoms with Crippen molar-refractivity contribution in [1.29, 1.82) is 0 Å². The number of halogens is 1. The summed E-state index contributed by atoms with van der Waals surface area (Å²) in [6, 6.07) is 22.7. The lowest BCUT2D eigenvalue weighted by molar-refractivity contribution is 0.0943. The van der Waals surface area contributed by atoms with Crippen LogP contribution in [0.25, 0.3) is 0 Å². The van der Waals surface area contributed by atoms with Gasteiger partial charge in [-0.3, -0.25) is 9.59 Å². The zero-order chi connectivity index (χ0) is 36.2. The maximum absolute atomic E-state index is 12.3. The van der Waals surface area contributed by atoms with Crippen molar-refractivity contribution in [3.63, 3.8) is 0 Å². The van der Waals surface area contributed by atoms with E-state index in [0.29, 0.717) is 53.2 Å². The number of aliphatic hydroxyl groups is 2. The van der Waals surface area contributed by atoms with E-state index in [0.717, 1.165) is 16.7 Å². The highest BCUT2D eigenvalue weighted by molar-refractivity contribution is 7.89. The van der Waals surface area contributed by atoms with Gasteiger partial charge in [-0.25, -0.2) is 26.7 Å². The predicted molar refractivity (Wildman–Crippen MR) is 187 cm³/mol. The lowest BCUT2D eigenvalue weighted by Gasteiger charge is -2.10. The van der Waals surface area contributed by atoms with E-state index in [1.54, 1.807) is 48.5 Å². The maximum atomic E-state index is 12.3. The van der Waals surface area contributed by atoms with E-state index >= 15 is 0 Å². The molecule has 0 aliphatic rings. The number of hydrogen-bond acceptors (Lipinski definition) is 8. The molecule has 4 rings (SSSR count). The Balaban J connectivity index is 0.000000266. The Morgan fingerprint density at radius 3 is 1.59 bits per heavy atom. The van der Waals surface area contributed by atoms with Crippen LogP contribution in [0.1, 0.15) is 48.5 Å². The zero-order valence-corrected chi connectivity index (χ0v) is 29.3. The number of primary sulfonamides is 1. The van der Waals surface area contributed by atoms with Crippen molar-refractivity contribution in [2.45, 2.75) is 42.8 Å². The molecule has 0 aliphatic heterocycles. The van der Waals surface area contributed by atoms with Crippen LogP contribution >= 0.6 is 11.6 Å². The van der Waals surface area contributed by atoms with Gasteiger partial charge in [0.05, 0.1) is 23.0 Å². The summed E-state index contributed by atoms with van der Waals surface area (Å²) < 4.78 is 48.0. The Morgan fingerprint density at radius 1 is 0.694 bits per heavy atom. The number of aryl methyl sites for hydroxylation is 1. The van der Waals surface area contributed by atoms with Gasteiger partial charge in [-0.15, -0.1) is 0 Å². The van der Waals surface area contributed by atoms with Gasteiger partial charge >= 0.3 is 0 Å². The average molecular weight is 731 g/mol. The monoisotopic (exact) mass is 730 g/mol. The normalized spacial score (nSPS) is 11.3. The van der Waals surface area contributed by atoms with E-state index in [1.807, 2.05) is 13.0 Å². The summed E-state index contributed by atoms with van der Waals surface area (Å²) in [5.74, 6) is -0.565. The van der Waals surface area contributed by atoms with E-state index < -0.39 is 20.0 Å². The first-order chi connectivity index (χ1) is 23.2. The SMILES string of the molecule is CNS(=O)(=O)c1ccc(CCNC(=O)c2cc(C)ccc2CO)cc1.NS(=O)(=O)c1ccc(CCNC(=O)c2cc(Cl)ccc2CO)cc1. The lowest BCUT2D eigenvalue weighted by atomic mass is 10.0. The Hall–Kier alpha value is -4.15. The highest BCUT2D eigenvalue weighted by atomic mass is 35.5. The number of sulfonamides is 2. The summed E-state index contributed by atoms with van der Waals surface area (Å²) in [5, 5.41) is 29.6. The number of carbonyl (C=O) groups is 2. The quantitative estimate of drug-likeness (QED) is 0.120. The van der Waals surface area contributed by atoms with Crippen molar-refractivity contribution in [3.8, 4) is 0 Å². The van der Waals surface area contributed by atoms with Crippen LogP contribution in [-0.2, 0) is 46.1 Å². The molecule has 262 valence electrons. The molecule has 0 spiro atoms. The predicted octanol–water partition coefficient (Wildman–Crippen LogP) is 2.82. The fourth-order valence-corrected chi connectivity index (χ4v) is 5.99. The molecule has 0 aliphatic carbocycles. The first-order valence-electron chi connectivity index (χ1n) is 15.0. The smallest absolute Gasteiger partial charge is 0.251 e. The van der Waals surface area contributed by atoms with Crippen molar-refractivity contribution in [3.05, 3.63) is 129 Å². The number of aliphatic hydroxyl groups excluding tert-OH is 2. The van der Waals surface area contributed by atoms with E-state index in [1.165, 1.54) is 37.4 Å². The van der Waals surface area contributed by atoms with Gasteiger partial charge in [0.2, 0.25) is 20.0 Å². The number of hydrogen-bond donors (Lipinski definition) is 6. The van der Waals surface area contributed by atoms with Crippen molar-refractivity contribution < 1.29 is 36.6 Å². The Bertz CT molecular complexity index is 1970. The summed E-state index contributed by atoms with van der Waals surface area (Å²) in [5.41, 5.74) is 4.61. The van der Waals surface area contributed by atoms with Crippen molar-refractivity contribution >= 4 is 43.5 Å². The van der Waals surface area contributed by atoms with Crippen LogP contribution in [0.2, 0.25) is 5.02 Å². The third-order valence-corrected chi connectivity index (χ3v) is 9.91. The molecule has 0 aromatic heterocycles. The van der Waals surface area contributed by atoms with E-state index in [-0.39, 0.29) is 34.8 Å². The first kappa shape index (κ1) is 39.3. The summed E-state index contributed by atoms with van der Waals surface area (Å²) in [7, 11) is -5.78. The molecule has 15 heteroatoms. The van der Waals surface area contributed by atoms with Crippen LogP contribution in [0.15, 0.2) is 94.7 Å². The second-order valence-electron chi connectivity index (χ2n) is 10.8. The minimum Gasteiger partial charge on any atom is -0.392 e. The molecule has 4 aromatic rings. The Morgan fingerprint density at radius 2 is 1.14 bits per heavy atom. The minimum atomic E-state index is -3.71. The van der Waals surface area contributed by atoms with Gasteiger partial charge in [0, 0.05) is 29.2 Å². The zero-order valence-electron chi connectivity index (χ0n) is 26.9. The molecule has 49 heavy (non-hydrogen) atoms. The topological polar surface area (TPSA) is 205 Å². The van der Waals surface area contributed by atoms with Crippen molar-refractivity contribution in [2.75, 3.05) is 20.1 Å². The van der Waals surface area contributed by atoms with Gasteiger partial charge in [0.25, 0.3) is 11.8 Å². The van der Waals surface area contributed by atoms with E-state index in [2.05, 4.69) is 15.4 Å². The fourth-order valence-electron chi connectivity index (χ4n) is 4.57. The lowest BCUT2D eigenvalue weighted by Crippen LogP contribution is -2.26. The number of carbonyl (C=O) groups excluding carboxylic acids is 2. The molecule has 0 atom stereocenters. The molecule has 12 nitrogen and oxygen atoms in total. The van der Waals surface area contributed by atoms with Crippen molar-refractivity contribution in [2.24, 2.45) is 5.14 Å². The summed E-state index contributed by atoms with van der Waals surface area (Å²) in [6.45, 7) is 2.21.